The first-order chi connectivity index (χ1) is 13.2. The number of benzene rings is 1. The van der Waals surface area contributed by atoms with Gasteiger partial charge in [-0.1, -0.05) is 0 Å². The minimum absolute atomic E-state index is 0.432. The van der Waals surface area contributed by atoms with Crippen LogP contribution in [0, 0.1) is 0 Å². The van der Waals surface area contributed by atoms with Crippen LogP contribution in [0.1, 0.15) is 5.56 Å². The van der Waals surface area contributed by atoms with Gasteiger partial charge in [0.2, 0.25) is 0 Å². The number of carbonyl (C=O) groups is 1. The van der Waals surface area contributed by atoms with Crippen molar-refractivity contribution < 1.29 is 4.79 Å². The number of aromatic nitrogens is 4. The van der Waals surface area contributed by atoms with E-state index in [0.717, 1.165) is 34.1 Å². The van der Waals surface area contributed by atoms with Gasteiger partial charge in [-0.05, 0) is 42.0 Å². The van der Waals surface area contributed by atoms with Gasteiger partial charge in [0.15, 0.2) is 0 Å². The molecule has 6 heteroatoms. The van der Waals surface area contributed by atoms with Gasteiger partial charge in [0.05, 0.1) is 6.20 Å². The van der Waals surface area contributed by atoms with E-state index in [1.165, 1.54) is 5.52 Å². The van der Waals surface area contributed by atoms with E-state index in [1.54, 1.807) is 18.6 Å². The summed E-state index contributed by atoms with van der Waals surface area (Å²) in [6.07, 6.45) is 11.8. The lowest BCUT2D eigenvalue weighted by molar-refractivity contribution is -0.104. The van der Waals surface area contributed by atoms with Crippen molar-refractivity contribution in [1.82, 2.24) is 19.7 Å². The van der Waals surface area contributed by atoms with E-state index >= 15 is 0 Å². The first kappa shape index (κ1) is 16.8. The number of anilines is 1. The van der Waals surface area contributed by atoms with Crippen LogP contribution in [0.25, 0.3) is 28.1 Å². The standard InChI is InChI=1S/C21H19N5O/c1-26-7-5-16-9-19(2-3-21(16)26)23-10-15(14-27)8-17-11-22-6-4-20(17)18-12-24-25-13-18/h2-9,11-14,23H,10H2,1H3,(H,24,25)/b15-8-. The van der Waals surface area contributed by atoms with Gasteiger partial charge in [0.1, 0.15) is 6.29 Å². The number of pyridine rings is 1. The van der Waals surface area contributed by atoms with Crippen molar-refractivity contribution in [3.8, 4) is 11.1 Å². The number of hydrogen-bond donors (Lipinski definition) is 2. The van der Waals surface area contributed by atoms with E-state index in [4.69, 9.17) is 0 Å². The maximum atomic E-state index is 11.6. The van der Waals surface area contributed by atoms with Crippen molar-refractivity contribution in [2.24, 2.45) is 7.05 Å². The topological polar surface area (TPSA) is 75.6 Å². The highest BCUT2D eigenvalue weighted by atomic mass is 16.1. The molecule has 0 amide bonds. The van der Waals surface area contributed by atoms with Crippen LogP contribution in [-0.2, 0) is 11.8 Å². The van der Waals surface area contributed by atoms with Gasteiger partial charge >= 0.3 is 0 Å². The highest BCUT2D eigenvalue weighted by Crippen LogP contribution is 2.24. The molecule has 4 aromatic rings. The molecule has 2 N–H and O–H groups in total. The minimum Gasteiger partial charge on any atom is -0.381 e. The van der Waals surface area contributed by atoms with Gasteiger partial charge in [-0.15, -0.1) is 0 Å². The van der Waals surface area contributed by atoms with Crippen LogP contribution in [0.15, 0.2) is 66.9 Å². The average molecular weight is 357 g/mol. The summed E-state index contributed by atoms with van der Waals surface area (Å²) >= 11 is 0. The molecule has 0 atom stereocenters. The van der Waals surface area contributed by atoms with Gasteiger partial charge in [0, 0.05) is 71.7 Å². The maximum absolute atomic E-state index is 11.6. The molecule has 0 aliphatic heterocycles. The first-order valence-corrected chi connectivity index (χ1v) is 8.62. The maximum Gasteiger partial charge on any atom is 0.147 e. The number of aromatic amines is 1. The first-order valence-electron chi connectivity index (χ1n) is 8.62. The van der Waals surface area contributed by atoms with E-state index in [2.05, 4.69) is 43.3 Å². The molecule has 3 heterocycles. The fourth-order valence-corrected chi connectivity index (χ4v) is 3.10. The number of carbonyl (C=O) groups excluding carboxylic acids is 1. The van der Waals surface area contributed by atoms with Crippen LogP contribution in [-0.4, -0.2) is 32.6 Å². The van der Waals surface area contributed by atoms with E-state index in [9.17, 15) is 4.79 Å². The van der Waals surface area contributed by atoms with Gasteiger partial charge in [-0.2, -0.15) is 5.10 Å². The Kier molecular flexibility index (Phi) is 4.53. The minimum atomic E-state index is 0.432. The summed E-state index contributed by atoms with van der Waals surface area (Å²) in [5.41, 5.74) is 5.59. The Labute approximate surface area is 156 Å². The number of nitrogens with zero attached hydrogens (tertiary/aromatic N) is 3. The molecule has 1 aromatic carbocycles. The molecule has 0 bridgehead atoms. The molecule has 0 aliphatic carbocycles. The molecule has 0 aliphatic rings. The normalized spacial score (nSPS) is 11.7. The number of aldehydes is 1. The van der Waals surface area contributed by atoms with E-state index < -0.39 is 0 Å². The lowest BCUT2D eigenvalue weighted by atomic mass is 10.0. The van der Waals surface area contributed by atoms with Crippen molar-refractivity contribution >= 4 is 29.0 Å². The predicted molar refractivity (Wildman–Crippen MR) is 107 cm³/mol. The summed E-state index contributed by atoms with van der Waals surface area (Å²) in [5.74, 6) is 0. The van der Waals surface area contributed by atoms with Crippen LogP contribution in [0.4, 0.5) is 5.69 Å². The molecule has 134 valence electrons. The van der Waals surface area contributed by atoms with Crippen molar-refractivity contribution in [3.63, 3.8) is 0 Å². The van der Waals surface area contributed by atoms with Gasteiger partial charge < -0.3 is 9.88 Å². The highest BCUT2D eigenvalue weighted by Gasteiger charge is 2.06. The predicted octanol–water partition coefficient (Wildman–Crippen LogP) is 3.66. The van der Waals surface area contributed by atoms with Crippen molar-refractivity contribution in [3.05, 3.63) is 72.5 Å². The summed E-state index contributed by atoms with van der Waals surface area (Å²) in [6.45, 7) is 0.432. The molecule has 0 radical (unpaired) electrons. The molecule has 27 heavy (non-hydrogen) atoms. The zero-order valence-corrected chi connectivity index (χ0v) is 14.9. The molecule has 6 nitrogen and oxygen atoms in total. The zero-order chi connectivity index (χ0) is 18.6. The zero-order valence-electron chi connectivity index (χ0n) is 14.9. The Balaban J connectivity index is 1.56. The Morgan fingerprint density at radius 3 is 3.00 bits per heavy atom. The fourth-order valence-electron chi connectivity index (χ4n) is 3.10. The van der Waals surface area contributed by atoms with Gasteiger partial charge in [-0.3, -0.25) is 14.9 Å². The summed E-state index contributed by atoms with van der Waals surface area (Å²) in [4.78, 5) is 15.8. The molecule has 0 spiro atoms. The van der Waals surface area contributed by atoms with Crippen molar-refractivity contribution in [1.29, 1.82) is 0 Å². The highest BCUT2D eigenvalue weighted by molar-refractivity contribution is 5.87. The largest absolute Gasteiger partial charge is 0.381 e. The SMILES string of the molecule is Cn1ccc2cc(NC/C(C=O)=C/c3cnccc3-c3cn[nH]c3)ccc21. The molecule has 0 saturated heterocycles. The number of fused-ring (bicyclic) bond motifs is 1. The molecule has 3 aromatic heterocycles. The summed E-state index contributed by atoms with van der Waals surface area (Å²) in [7, 11) is 2.02. The Hall–Kier alpha value is -3.67. The molecule has 4 rings (SSSR count). The second-order valence-corrected chi connectivity index (χ2v) is 6.34. The second-order valence-electron chi connectivity index (χ2n) is 6.34. The van der Waals surface area contributed by atoms with Crippen molar-refractivity contribution in [2.45, 2.75) is 0 Å². The van der Waals surface area contributed by atoms with E-state index in [1.807, 2.05) is 37.7 Å². The summed E-state index contributed by atoms with van der Waals surface area (Å²) in [6, 6.07) is 10.2. The smallest absolute Gasteiger partial charge is 0.147 e. The fraction of sp³-hybridized carbons (Fsp3) is 0.0952. The molecule has 0 saturated carbocycles. The number of hydrogen-bond acceptors (Lipinski definition) is 4. The Bertz CT molecular complexity index is 1110. The third kappa shape index (κ3) is 3.50. The second kappa shape index (κ2) is 7.29. The van der Waals surface area contributed by atoms with Gasteiger partial charge in [0.25, 0.3) is 0 Å². The number of nitrogens with one attached hydrogen (secondary N) is 2. The third-order valence-corrected chi connectivity index (χ3v) is 4.54. The van der Waals surface area contributed by atoms with Crippen LogP contribution in [0.3, 0.4) is 0 Å². The van der Waals surface area contributed by atoms with Crippen LogP contribution in [0.2, 0.25) is 0 Å². The van der Waals surface area contributed by atoms with Gasteiger partial charge in [-0.25, -0.2) is 0 Å². The van der Waals surface area contributed by atoms with E-state index in [0.29, 0.717) is 12.1 Å². The average Bonchev–Trinajstić information content (AvgIpc) is 3.36. The monoisotopic (exact) mass is 357 g/mol. The third-order valence-electron chi connectivity index (χ3n) is 4.54. The van der Waals surface area contributed by atoms with Crippen LogP contribution < -0.4 is 5.32 Å². The van der Waals surface area contributed by atoms with E-state index in [-0.39, 0.29) is 0 Å². The quantitative estimate of drug-likeness (QED) is 0.408. The Morgan fingerprint density at radius 1 is 1.26 bits per heavy atom. The lowest BCUT2D eigenvalue weighted by Gasteiger charge is -2.08. The number of rotatable bonds is 6. The van der Waals surface area contributed by atoms with Crippen LogP contribution >= 0.6 is 0 Å². The molecule has 0 unspecified atom stereocenters. The molecule has 0 fully saturated rings. The Morgan fingerprint density at radius 2 is 2.19 bits per heavy atom. The van der Waals surface area contributed by atoms with Crippen LogP contribution in [0.5, 0.6) is 0 Å². The lowest BCUT2D eigenvalue weighted by Crippen LogP contribution is -2.06. The van der Waals surface area contributed by atoms with Crippen molar-refractivity contribution in [2.75, 3.05) is 11.9 Å². The molecular formula is C21H19N5O. The number of aryl methyl sites for hydroxylation is 1. The molecular weight excluding hydrogens is 338 g/mol. The summed E-state index contributed by atoms with van der Waals surface area (Å²) in [5, 5.41) is 11.3. The number of H-pyrrole nitrogens is 1. The summed E-state index contributed by atoms with van der Waals surface area (Å²) < 4.78 is 2.08.